The fourth-order valence-corrected chi connectivity index (χ4v) is 1.84. The number of nitrogens with zero attached hydrogens (tertiary/aromatic N) is 3. The molecule has 2 aromatic rings. The average Bonchev–Trinajstić information content (AvgIpc) is 2.38. The molecule has 0 fully saturated rings. The fourth-order valence-electron chi connectivity index (χ4n) is 1.36. The highest BCUT2D eigenvalue weighted by Crippen LogP contribution is 2.25. The summed E-state index contributed by atoms with van der Waals surface area (Å²) in [7, 11) is 1.60. The molecule has 0 aliphatic heterocycles. The predicted octanol–water partition coefficient (Wildman–Crippen LogP) is 2.86. The lowest BCUT2D eigenvalue weighted by molar-refractivity contribution is 0.415. The van der Waals surface area contributed by atoms with Crippen LogP contribution in [0.25, 0.3) is 0 Å². The van der Waals surface area contributed by atoms with E-state index in [1.807, 2.05) is 24.3 Å². The molecule has 0 aliphatic rings. The number of methoxy groups -OCH3 is 1. The van der Waals surface area contributed by atoms with Gasteiger partial charge in [-0.3, -0.25) is 0 Å². The normalized spacial score (nSPS) is 9.61. The highest BCUT2D eigenvalue weighted by Gasteiger charge is 2.03. The highest BCUT2D eigenvalue weighted by atomic mass is 79.9. The second kappa shape index (κ2) is 5.47. The van der Waals surface area contributed by atoms with E-state index in [1.165, 1.54) is 6.20 Å². The van der Waals surface area contributed by atoms with Crippen molar-refractivity contribution in [2.24, 2.45) is 0 Å². The zero-order valence-electron chi connectivity index (χ0n) is 9.51. The third-order valence-electron chi connectivity index (χ3n) is 2.13. The van der Waals surface area contributed by atoms with Crippen molar-refractivity contribution in [1.29, 1.82) is 5.26 Å². The molecule has 6 heteroatoms. The van der Waals surface area contributed by atoms with Gasteiger partial charge in [0, 0.05) is 22.4 Å². The van der Waals surface area contributed by atoms with Crippen LogP contribution in [0.5, 0.6) is 5.75 Å². The van der Waals surface area contributed by atoms with Gasteiger partial charge in [-0.25, -0.2) is 9.97 Å². The van der Waals surface area contributed by atoms with Crippen LogP contribution < -0.4 is 10.1 Å². The molecule has 1 heterocycles. The molecule has 0 unspecified atom stereocenters. The minimum atomic E-state index is 0.314. The second-order valence-corrected chi connectivity index (χ2v) is 4.30. The minimum absolute atomic E-state index is 0.314. The Balaban J connectivity index is 2.28. The molecule has 0 aliphatic carbocycles. The van der Waals surface area contributed by atoms with E-state index in [4.69, 9.17) is 10.00 Å². The Bertz CT molecular complexity index is 609. The first kappa shape index (κ1) is 12.3. The predicted molar refractivity (Wildman–Crippen MR) is 70.7 cm³/mol. The van der Waals surface area contributed by atoms with E-state index in [1.54, 1.807) is 13.2 Å². The van der Waals surface area contributed by atoms with Crippen LogP contribution in [-0.2, 0) is 0 Å². The summed E-state index contributed by atoms with van der Waals surface area (Å²) < 4.78 is 6.03. The van der Waals surface area contributed by atoms with Gasteiger partial charge in [0.2, 0.25) is 5.95 Å². The number of aromatic nitrogens is 2. The summed E-state index contributed by atoms with van der Waals surface area (Å²) in [6.45, 7) is 0. The Hall–Kier alpha value is -2.13. The van der Waals surface area contributed by atoms with Gasteiger partial charge in [0.05, 0.1) is 7.11 Å². The van der Waals surface area contributed by atoms with E-state index in [2.05, 4.69) is 31.2 Å². The first-order valence-corrected chi connectivity index (χ1v) is 5.85. The molecule has 0 bridgehead atoms. The standard InChI is InChI=1S/C12H9BrN4O/c1-18-11-5-8(13)4-10(6-11)17-12-15-3-2-9(7-14)16-12/h2-6H,1H3,(H,15,16,17). The maximum absolute atomic E-state index is 8.76. The molecule has 18 heavy (non-hydrogen) atoms. The van der Waals surface area contributed by atoms with Crippen molar-refractivity contribution in [1.82, 2.24) is 9.97 Å². The van der Waals surface area contributed by atoms with E-state index in [-0.39, 0.29) is 0 Å². The first-order chi connectivity index (χ1) is 8.71. The van der Waals surface area contributed by atoms with Gasteiger partial charge < -0.3 is 10.1 Å². The summed E-state index contributed by atoms with van der Waals surface area (Å²) in [5.74, 6) is 1.08. The number of benzene rings is 1. The maximum atomic E-state index is 8.76. The number of hydrogen-bond donors (Lipinski definition) is 1. The van der Waals surface area contributed by atoms with Gasteiger partial charge in [0.1, 0.15) is 17.5 Å². The molecule has 5 nitrogen and oxygen atoms in total. The van der Waals surface area contributed by atoms with Crippen molar-refractivity contribution in [2.75, 3.05) is 12.4 Å². The smallest absolute Gasteiger partial charge is 0.228 e. The van der Waals surface area contributed by atoms with Crippen LogP contribution in [-0.4, -0.2) is 17.1 Å². The topological polar surface area (TPSA) is 70.8 Å². The van der Waals surface area contributed by atoms with Crippen LogP contribution in [0.2, 0.25) is 0 Å². The van der Waals surface area contributed by atoms with Crippen LogP contribution in [0.15, 0.2) is 34.9 Å². The zero-order chi connectivity index (χ0) is 13.0. The number of nitriles is 1. The lowest BCUT2D eigenvalue weighted by Crippen LogP contribution is -1.98. The van der Waals surface area contributed by atoms with E-state index in [0.717, 1.165) is 10.2 Å². The molecule has 0 atom stereocenters. The number of nitrogens with one attached hydrogen (secondary N) is 1. The summed E-state index contributed by atoms with van der Waals surface area (Å²) in [4.78, 5) is 8.07. The number of anilines is 2. The van der Waals surface area contributed by atoms with E-state index < -0.39 is 0 Å². The van der Waals surface area contributed by atoms with Gasteiger partial charge in [0.15, 0.2) is 0 Å². The molecule has 90 valence electrons. The molecule has 0 radical (unpaired) electrons. The number of rotatable bonds is 3. The molecular weight excluding hydrogens is 296 g/mol. The van der Waals surface area contributed by atoms with Crippen molar-refractivity contribution in [2.45, 2.75) is 0 Å². The average molecular weight is 305 g/mol. The van der Waals surface area contributed by atoms with Gasteiger partial charge in [-0.2, -0.15) is 5.26 Å². The van der Waals surface area contributed by atoms with Gasteiger partial charge in [-0.05, 0) is 18.2 Å². The Kier molecular flexibility index (Phi) is 3.75. The fraction of sp³-hybridized carbons (Fsp3) is 0.0833. The van der Waals surface area contributed by atoms with Crippen LogP contribution in [0.1, 0.15) is 5.69 Å². The number of ether oxygens (including phenoxy) is 1. The monoisotopic (exact) mass is 304 g/mol. The van der Waals surface area contributed by atoms with Gasteiger partial charge in [0.25, 0.3) is 0 Å². The summed E-state index contributed by atoms with van der Waals surface area (Å²) in [6, 6.07) is 9.03. The quantitative estimate of drug-likeness (QED) is 0.944. The Morgan fingerprint density at radius 1 is 1.39 bits per heavy atom. The van der Waals surface area contributed by atoms with Crippen LogP contribution in [0.3, 0.4) is 0 Å². The minimum Gasteiger partial charge on any atom is -0.497 e. The van der Waals surface area contributed by atoms with Crippen molar-refractivity contribution in [3.63, 3.8) is 0 Å². The summed E-state index contributed by atoms with van der Waals surface area (Å²) in [5, 5.41) is 11.8. The van der Waals surface area contributed by atoms with Crippen molar-refractivity contribution >= 4 is 27.6 Å². The third-order valence-corrected chi connectivity index (χ3v) is 2.59. The largest absolute Gasteiger partial charge is 0.497 e. The van der Waals surface area contributed by atoms with Crippen LogP contribution in [0.4, 0.5) is 11.6 Å². The van der Waals surface area contributed by atoms with Gasteiger partial charge >= 0.3 is 0 Å². The molecule has 0 spiro atoms. The number of halogens is 1. The van der Waals surface area contributed by atoms with Crippen LogP contribution >= 0.6 is 15.9 Å². The zero-order valence-corrected chi connectivity index (χ0v) is 11.1. The Morgan fingerprint density at radius 3 is 2.94 bits per heavy atom. The Morgan fingerprint density at radius 2 is 2.22 bits per heavy atom. The van der Waals surface area contributed by atoms with Gasteiger partial charge in [-0.15, -0.1) is 0 Å². The summed E-state index contributed by atoms with van der Waals surface area (Å²) in [6.07, 6.45) is 1.53. The van der Waals surface area contributed by atoms with Crippen LogP contribution in [0, 0.1) is 11.3 Å². The van der Waals surface area contributed by atoms with Crippen molar-refractivity contribution in [3.05, 3.63) is 40.6 Å². The SMILES string of the molecule is COc1cc(Br)cc(Nc2nccc(C#N)n2)c1. The van der Waals surface area contributed by atoms with Gasteiger partial charge in [-0.1, -0.05) is 15.9 Å². The number of hydrogen-bond acceptors (Lipinski definition) is 5. The lowest BCUT2D eigenvalue weighted by Gasteiger charge is -2.07. The molecular formula is C12H9BrN4O. The highest BCUT2D eigenvalue weighted by molar-refractivity contribution is 9.10. The summed E-state index contributed by atoms with van der Waals surface area (Å²) in [5.41, 5.74) is 1.09. The second-order valence-electron chi connectivity index (χ2n) is 3.38. The molecule has 2 rings (SSSR count). The molecule has 0 amide bonds. The van der Waals surface area contributed by atoms with Crippen molar-refractivity contribution in [3.8, 4) is 11.8 Å². The molecule has 0 saturated carbocycles. The third kappa shape index (κ3) is 2.96. The Labute approximate surface area is 113 Å². The van der Waals surface area contributed by atoms with E-state index >= 15 is 0 Å². The van der Waals surface area contributed by atoms with Crippen molar-refractivity contribution < 1.29 is 4.74 Å². The van der Waals surface area contributed by atoms with E-state index in [9.17, 15) is 0 Å². The first-order valence-electron chi connectivity index (χ1n) is 5.06. The van der Waals surface area contributed by atoms with E-state index in [0.29, 0.717) is 17.4 Å². The molecule has 1 N–H and O–H groups in total. The summed E-state index contributed by atoms with van der Waals surface area (Å²) >= 11 is 3.38. The molecule has 0 saturated heterocycles. The maximum Gasteiger partial charge on any atom is 0.228 e. The molecule has 1 aromatic carbocycles. The lowest BCUT2D eigenvalue weighted by atomic mass is 10.3. The molecule has 1 aromatic heterocycles.